The second-order valence-corrected chi connectivity index (χ2v) is 4.92. The molecule has 1 amide bonds. The molecule has 0 fully saturated rings. The van der Waals surface area contributed by atoms with Crippen molar-refractivity contribution in [1.29, 1.82) is 0 Å². The molecular formula is C16H19FN2O3. The van der Waals surface area contributed by atoms with Gasteiger partial charge in [0.25, 0.3) is 5.91 Å². The number of nitrogens with zero attached hydrogens (tertiary/aromatic N) is 1. The van der Waals surface area contributed by atoms with Crippen LogP contribution in [0.1, 0.15) is 18.2 Å². The van der Waals surface area contributed by atoms with Crippen LogP contribution < -0.4 is 10.1 Å². The smallest absolute Gasteiger partial charge is 0.257 e. The van der Waals surface area contributed by atoms with E-state index < -0.39 is 11.9 Å². The molecule has 5 nitrogen and oxygen atoms in total. The predicted molar refractivity (Wildman–Crippen MR) is 79.9 cm³/mol. The van der Waals surface area contributed by atoms with Crippen LogP contribution in [-0.2, 0) is 11.8 Å². The monoisotopic (exact) mass is 306 g/mol. The van der Waals surface area contributed by atoms with E-state index in [0.717, 1.165) is 5.69 Å². The zero-order chi connectivity index (χ0) is 15.9. The number of ether oxygens (including phenoxy) is 1. The molecule has 0 aliphatic carbocycles. The Balaban J connectivity index is 1.70. The predicted octanol–water partition coefficient (Wildman–Crippen LogP) is 1.78. The minimum atomic E-state index is -0.646. The van der Waals surface area contributed by atoms with Crippen molar-refractivity contribution in [2.45, 2.75) is 12.5 Å². The van der Waals surface area contributed by atoms with Gasteiger partial charge in [-0.2, -0.15) is 0 Å². The number of hydrogen-bond donors (Lipinski definition) is 2. The van der Waals surface area contributed by atoms with Crippen LogP contribution in [0, 0.1) is 5.82 Å². The number of halogens is 1. The summed E-state index contributed by atoms with van der Waals surface area (Å²) in [7, 11) is 1.85. The van der Waals surface area contributed by atoms with Gasteiger partial charge < -0.3 is 19.7 Å². The molecular weight excluding hydrogens is 287 g/mol. The number of rotatable bonds is 7. The molecule has 1 atom stereocenters. The molecule has 6 heteroatoms. The molecule has 1 aromatic heterocycles. The Kier molecular flexibility index (Phi) is 5.55. The van der Waals surface area contributed by atoms with Crippen molar-refractivity contribution < 1.29 is 19.0 Å². The second kappa shape index (κ2) is 7.61. The van der Waals surface area contributed by atoms with E-state index in [1.807, 2.05) is 29.9 Å². The van der Waals surface area contributed by atoms with Crippen LogP contribution in [0.3, 0.4) is 0 Å². The summed E-state index contributed by atoms with van der Waals surface area (Å²) in [6.45, 7) is 0.0486. The van der Waals surface area contributed by atoms with Gasteiger partial charge >= 0.3 is 0 Å². The van der Waals surface area contributed by atoms with Crippen LogP contribution in [0.2, 0.25) is 0 Å². The quantitative estimate of drug-likeness (QED) is 0.819. The number of para-hydroxylation sites is 1. The summed E-state index contributed by atoms with van der Waals surface area (Å²) in [5, 5.41) is 12.6. The van der Waals surface area contributed by atoms with Crippen LogP contribution in [0.5, 0.6) is 5.75 Å². The Hall–Kier alpha value is -2.34. The van der Waals surface area contributed by atoms with Crippen LogP contribution >= 0.6 is 0 Å². The van der Waals surface area contributed by atoms with Gasteiger partial charge in [0.1, 0.15) is 0 Å². The maximum atomic E-state index is 13.3. The van der Waals surface area contributed by atoms with E-state index >= 15 is 0 Å². The average molecular weight is 306 g/mol. The first-order valence-corrected chi connectivity index (χ1v) is 7.01. The maximum absolute atomic E-state index is 13.3. The van der Waals surface area contributed by atoms with Crippen LogP contribution in [0.15, 0.2) is 42.6 Å². The number of aliphatic hydroxyl groups is 1. The highest BCUT2D eigenvalue weighted by molar-refractivity contribution is 5.77. The van der Waals surface area contributed by atoms with E-state index in [0.29, 0.717) is 13.0 Å². The number of aryl methyl sites for hydroxylation is 1. The fraction of sp³-hybridized carbons (Fsp3) is 0.312. The number of amides is 1. The maximum Gasteiger partial charge on any atom is 0.257 e. The van der Waals surface area contributed by atoms with Crippen LogP contribution in [0.25, 0.3) is 0 Å². The Labute approximate surface area is 128 Å². The van der Waals surface area contributed by atoms with Gasteiger partial charge in [0.05, 0.1) is 6.10 Å². The summed E-state index contributed by atoms with van der Waals surface area (Å²) in [6, 6.07) is 9.58. The summed E-state index contributed by atoms with van der Waals surface area (Å²) in [6.07, 6.45) is 1.59. The van der Waals surface area contributed by atoms with Crippen LogP contribution in [-0.4, -0.2) is 28.7 Å². The van der Waals surface area contributed by atoms with Gasteiger partial charge in [0, 0.05) is 25.5 Å². The van der Waals surface area contributed by atoms with Gasteiger partial charge in [0.15, 0.2) is 18.2 Å². The third-order valence-corrected chi connectivity index (χ3v) is 3.26. The summed E-state index contributed by atoms with van der Waals surface area (Å²) < 4.78 is 20.2. The number of carbonyl (C=O) groups excluding carboxylic acids is 1. The topological polar surface area (TPSA) is 63.5 Å². The summed E-state index contributed by atoms with van der Waals surface area (Å²) in [4.78, 5) is 11.6. The molecule has 0 unspecified atom stereocenters. The molecule has 0 saturated carbocycles. The van der Waals surface area contributed by atoms with E-state index in [9.17, 15) is 14.3 Å². The van der Waals surface area contributed by atoms with Gasteiger partial charge in [-0.15, -0.1) is 0 Å². The van der Waals surface area contributed by atoms with Crippen molar-refractivity contribution in [3.63, 3.8) is 0 Å². The number of aromatic nitrogens is 1. The molecule has 22 heavy (non-hydrogen) atoms. The van der Waals surface area contributed by atoms with Crippen molar-refractivity contribution in [3.05, 3.63) is 54.1 Å². The molecule has 2 rings (SSSR count). The molecule has 0 spiro atoms. The van der Waals surface area contributed by atoms with Crippen molar-refractivity contribution in [1.82, 2.24) is 9.88 Å². The molecule has 0 aliphatic heterocycles. The minimum Gasteiger partial charge on any atom is -0.481 e. The minimum absolute atomic E-state index is 0.0431. The number of carbonyl (C=O) groups is 1. The molecule has 0 bridgehead atoms. The lowest BCUT2D eigenvalue weighted by Gasteiger charge is -2.13. The van der Waals surface area contributed by atoms with E-state index in [1.54, 1.807) is 12.1 Å². The van der Waals surface area contributed by atoms with E-state index in [2.05, 4.69) is 5.32 Å². The van der Waals surface area contributed by atoms with Crippen molar-refractivity contribution in [3.8, 4) is 5.75 Å². The van der Waals surface area contributed by atoms with Crippen molar-refractivity contribution in [2.75, 3.05) is 13.2 Å². The molecule has 0 radical (unpaired) electrons. The van der Waals surface area contributed by atoms with Gasteiger partial charge in [-0.1, -0.05) is 12.1 Å². The number of nitrogens with one attached hydrogen (secondary N) is 1. The SMILES string of the molecule is Cn1cccc1[C@H](O)CCNC(=O)COc1ccccc1F. The third kappa shape index (κ3) is 4.33. The first-order valence-electron chi connectivity index (χ1n) is 7.01. The molecule has 0 aliphatic rings. The standard InChI is InChI=1S/C16H19FN2O3/c1-19-10-4-6-13(19)14(20)8-9-18-16(21)11-22-15-7-3-2-5-12(15)17/h2-7,10,14,20H,8-9,11H2,1H3,(H,18,21)/t14-/m1/s1. The van der Waals surface area contributed by atoms with Crippen LogP contribution in [0.4, 0.5) is 4.39 Å². The highest BCUT2D eigenvalue weighted by Crippen LogP contribution is 2.16. The Morgan fingerprint density at radius 1 is 1.36 bits per heavy atom. The van der Waals surface area contributed by atoms with E-state index in [1.165, 1.54) is 12.1 Å². The van der Waals surface area contributed by atoms with Gasteiger partial charge in [0.2, 0.25) is 0 Å². The average Bonchev–Trinajstić information content (AvgIpc) is 2.92. The lowest BCUT2D eigenvalue weighted by Crippen LogP contribution is -2.30. The lowest BCUT2D eigenvalue weighted by molar-refractivity contribution is -0.123. The zero-order valence-electron chi connectivity index (χ0n) is 12.3. The fourth-order valence-electron chi connectivity index (χ4n) is 2.07. The van der Waals surface area contributed by atoms with Crippen molar-refractivity contribution >= 4 is 5.91 Å². The molecule has 1 heterocycles. The third-order valence-electron chi connectivity index (χ3n) is 3.26. The molecule has 118 valence electrons. The highest BCUT2D eigenvalue weighted by Gasteiger charge is 2.11. The van der Waals surface area contributed by atoms with Crippen molar-refractivity contribution in [2.24, 2.45) is 7.05 Å². The van der Waals surface area contributed by atoms with Gasteiger partial charge in [-0.05, 0) is 30.7 Å². The molecule has 1 aromatic carbocycles. The number of aliphatic hydroxyl groups excluding tert-OH is 1. The van der Waals surface area contributed by atoms with E-state index in [4.69, 9.17) is 4.74 Å². The largest absolute Gasteiger partial charge is 0.481 e. The summed E-state index contributed by atoms with van der Waals surface area (Å²) in [5.41, 5.74) is 0.789. The van der Waals surface area contributed by atoms with Gasteiger partial charge in [-0.3, -0.25) is 4.79 Å². The first kappa shape index (κ1) is 16.0. The number of benzene rings is 1. The first-order chi connectivity index (χ1) is 10.6. The fourth-order valence-corrected chi connectivity index (χ4v) is 2.07. The molecule has 2 aromatic rings. The lowest BCUT2D eigenvalue weighted by atomic mass is 10.2. The Morgan fingerprint density at radius 3 is 2.82 bits per heavy atom. The summed E-state index contributed by atoms with van der Waals surface area (Å²) >= 11 is 0. The van der Waals surface area contributed by atoms with Gasteiger partial charge in [-0.25, -0.2) is 4.39 Å². The normalized spacial score (nSPS) is 12.0. The Bertz CT molecular complexity index is 627. The Morgan fingerprint density at radius 2 is 2.14 bits per heavy atom. The highest BCUT2D eigenvalue weighted by atomic mass is 19.1. The van der Waals surface area contributed by atoms with E-state index in [-0.39, 0.29) is 18.3 Å². The summed E-state index contributed by atoms with van der Waals surface area (Å²) in [5.74, 6) is -0.821. The molecule has 2 N–H and O–H groups in total. The molecule has 0 saturated heterocycles. The second-order valence-electron chi connectivity index (χ2n) is 4.92. The zero-order valence-corrected chi connectivity index (χ0v) is 12.3. The number of hydrogen-bond acceptors (Lipinski definition) is 3.